The maximum absolute atomic E-state index is 11.4. The number of hydrogen-bond acceptors (Lipinski definition) is 4. The Kier molecular flexibility index (Phi) is 5.58. The second kappa shape index (κ2) is 6.57. The maximum Gasteiger partial charge on any atom is 0.303 e. The molecular weight excluding hydrogens is 254 g/mol. The Morgan fingerprint density at radius 2 is 2.10 bits per heavy atom. The molecule has 0 aromatic heterocycles. The fourth-order valence-corrected chi connectivity index (χ4v) is 2.94. The van der Waals surface area contributed by atoms with Gasteiger partial charge in [0.05, 0.1) is 12.2 Å². The first-order valence-electron chi connectivity index (χ1n) is 7.20. The van der Waals surface area contributed by atoms with Crippen LogP contribution in [-0.2, 0) is 14.3 Å². The molecule has 1 aliphatic rings. The van der Waals surface area contributed by atoms with Crippen LogP contribution in [0.3, 0.4) is 0 Å². The molecule has 4 nitrogen and oxygen atoms in total. The van der Waals surface area contributed by atoms with Crippen molar-refractivity contribution in [3.63, 3.8) is 0 Å². The molecule has 1 heterocycles. The number of hydrogen-bond donors (Lipinski definition) is 1. The first-order valence-corrected chi connectivity index (χ1v) is 7.20. The first-order chi connectivity index (χ1) is 9.22. The van der Waals surface area contributed by atoms with Crippen molar-refractivity contribution in [3.8, 4) is 0 Å². The second-order valence-corrected chi connectivity index (χ2v) is 6.35. The lowest BCUT2D eigenvalue weighted by Gasteiger charge is -2.32. The van der Waals surface area contributed by atoms with Crippen molar-refractivity contribution in [1.82, 2.24) is 0 Å². The average molecular weight is 281 g/mol. The van der Waals surface area contributed by atoms with Crippen LogP contribution in [-0.4, -0.2) is 29.8 Å². The Morgan fingerprint density at radius 3 is 2.50 bits per heavy atom. The van der Waals surface area contributed by atoms with Crippen LogP contribution >= 0.6 is 0 Å². The van der Waals surface area contributed by atoms with Gasteiger partial charge in [-0.05, 0) is 24.3 Å². The summed E-state index contributed by atoms with van der Waals surface area (Å²) in [6.45, 7) is 13.3. The summed E-state index contributed by atoms with van der Waals surface area (Å²) in [7, 11) is 0. The number of carbonyl (C=O) groups excluding carboxylic acids is 1. The van der Waals surface area contributed by atoms with Gasteiger partial charge in [0.2, 0.25) is 0 Å². The molecule has 1 rings (SSSR count). The van der Waals surface area contributed by atoms with Gasteiger partial charge >= 0.3 is 5.97 Å². The third-order valence-corrected chi connectivity index (χ3v) is 3.60. The molecule has 1 saturated heterocycles. The number of rotatable bonds is 5. The van der Waals surface area contributed by atoms with E-state index in [0.717, 1.165) is 6.42 Å². The monoisotopic (exact) mass is 281 g/mol. The van der Waals surface area contributed by atoms with Crippen LogP contribution in [0.1, 0.15) is 41.0 Å². The Hall–Kier alpha value is -1.09. The van der Waals surface area contributed by atoms with Crippen molar-refractivity contribution < 1.29 is 14.3 Å². The minimum atomic E-state index is -0.874. The van der Waals surface area contributed by atoms with Gasteiger partial charge in [-0.15, -0.1) is 5.73 Å². The third-order valence-electron chi connectivity index (χ3n) is 3.60. The van der Waals surface area contributed by atoms with Crippen molar-refractivity contribution in [2.45, 2.75) is 64.9 Å². The van der Waals surface area contributed by atoms with E-state index in [1.54, 1.807) is 6.08 Å². The van der Waals surface area contributed by atoms with Crippen molar-refractivity contribution in [1.29, 1.82) is 0 Å². The lowest BCUT2D eigenvalue weighted by atomic mass is 9.81. The summed E-state index contributed by atoms with van der Waals surface area (Å²) in [6, 6.07) is 0. The Morgan fingerprint density at radius 1 is 1.50 bits per heavy atom. The molecule has 114 valence electrons. The molecule has 0 aliphatic carbocycles. The highest BCUT2D eigenvalue weighted by molar-refractivity contribution is 5.66. The van der Waals surface area contributed by atoms with Crippen molar-refractivity contribution in [3.05, 3.63) is 18.4 Å². The molecule has 2 N–H and O–H groups in total. The summed E-state index contributed by atoms with van der Waals surface area (Å²) in [5.74, 6) is 0.296. The molecule has 0 aromatic rings. The Labute approximate surface area is 122 Å². The van der Waals surface area contributed by atoms with Gasteiger partial charge in [0.25, 0.3) is 0 Å². The van der Waals surface area contributed by atoms with Gasteiger partial charge in [-0.25, -0.2) is 0 Å². The number of carbonyl (C=O) groups is 1. The van der Waals surface area contributed by atoms with Gasteiger partial charge < -0.3 is 15.2 Å². The topological polar surface area (TPSA) is 61.5 Å². The van der Waals surface area contributed by atoms with E-state index in [1.807, 2.05) is 13.8 Å². The lowest BCUT2D eigenvalue weighted by Crippen LogP contribution is -2.57. The van der Waals surface area contributed by atoms with Crippen LogP contribution in [0.25, 0.3) is 0 Å². The van der Waals surface area contributed by atoms with E-state index in [1.165, 1.54) is 6.92 Å². The fourth-order valence-electron chi connectivity index (χ4n) is 2.94. The molecule has 0 aromatic carbocycles. The van der Waals surface area contributed by atoms with Crippen molar-refractivity contribution in [2.75, 3.05) is 0 Å². The van der Waals surface area contributed by atoms with E-state index in [2.05, 4.69) is 26.2 Å². The zero-order chi connectivity index (χ0) is 15.5. The minimum Gasteiger partial charge on any atom is -0.457 e. The van der Waals surface area contributed by atoms with Gasteiger partial charge in [0.15, 0.2) is 6.10 Å². The molecular formula is C16H27NO3. The van der Waals surface area contributed by atoms with E-state index in [4.69, 9.17) is 15.2 Å². The molecule has 4 heteroatoms. The van der Waals surface area contributed by atoms with Gasteiger partial charge in [0.1, 0.15) is 5.54 Å². The Balaban J connectivity index is 3.16. The standard InChI is InChI=1S/C16H27NO3/c1-7-8-16(17)14(11(4)5)20-13(9-10(2)3)15(16)19-12(6)18/h8,10-11,13-15H,1,9,17H2,2-6H3/t13-,14+,15-,16+/m1/s1. The molecule has 0 saturated carbocycles. The van der Waals surface area contributed by atoms with Gasteiger partial charge in [0, 0.05) is 6.92 Å². The smallest absolute Gasteiger partial charge is 0.303 e. The molecule has 0 spiro atoms. The first kappa shape index (κ1) is 17.0. The summed E-state index contributed by atoms with van der Waals surface area (Å²) < 4.78 is 11.6. The van der Waals surface area contributed by atoms with Crippen LogP contribution < -0.4 is 5.73 Å². The quantitative estimate of drug-likeness (QED) is 0.621. The van der Waals surface area contributed by atoms with Crippen molar-refractivity contribution in [2.24, 2.45) is 17.6 Å². The predicted octanol–water partition coefficient (Wildman–Crippen LogP) is 2.43. The van der Waals surface area contributed by atoms with Crippen LogP contribution in [0.4, 0.5) is 0 Å². The fraction of sp³-hybridized carbons (Fsp3) is 0.750. The molecule has 4 atom stereocenters. The van der Waals surface area contributed by atoms with Crippen molar-refractivity contribution >= 4 is 5.97 Å². The summed E-state index contributed by atoms with van der Waals surface area (Å²) in [4.78, 5) is 11.4. The lowest BCUT2D eigenvalue weighted by molar-refractivity contribution is -0.151. The number of esters is 1. The van der Waals surface area contributed by atoms with E-state index in [9.17, 15) is 4.79 Å². The molecule has 1 fully saturated rings. The molecule has 0 bridgehead atoms. The van der Waals surface area contributed by atoms with E-state index < -0.39 is 11.6 Å². The molecule has 0 amide bonds. The zero-order valence-corrected chi connectivity index (χ0v) is 13.2. The highest BCUT2D eigenvalue weighted by Gasteiger charge is 2.55. The van der Waals surface area contributed by atoms with E-state index in [-0.39, 0.29) is 24.1 Å². The van der Waals surface area contributed by atoms with E-state index in [0.29, 0.717) is 5.92 Å². The average Bonchev–Trinajstić information content (AvgIpc) is 2.53. The number of nitrogens with two attached hydrogens (primary N) is 1. The zero-order valence-electron chi connectivity index (χ0n) is 13.2. The Bertz CT molecular complexity index is 399. The molecule has 20 heavy (non-hydrogen) atoms. The van der Waals surface area contributed by atoms with Gasteiger partial charge in [-0.3, -0.25) is 4.79 Å². The second-order valence-electron chi connectivity index (χ2n) is 6.35. The van der Waals surface area contributed by atoms with Crippen LogP contribution in [0.5, 0.6) is 0 Å². The summed E-state index contributed by atoms with van der Waals surface area (Å²) in [6.07, 6.45) is 1.58. The van der Waals surface area contributed by atoms with Gasteiger partial charge in [-0.1, -0.05) is 34.3 Å². The largest absolute Gasteiger partial charge is 0.457 e. The highest BCUT2D eigenvalue weighted by Crippen LogP contribution is 2.38. The summed E-state index contributed by atoms with van der Waals surface area (Å²) >= 11 is 0. The maximum atomic E-state index is 11.4. The van der Waals surface area contributed by atoms with Crippen LogP contribution in [0.2, 0.25) is 0 Å². The normalized spacial score (nSPS) is 33.3. The van der Waals surface area contributed by atoms with Crippen LogP contribution in [0.15, 0.2) is 18.4 Å². The van der Waals surface area contributed by atoms with Gasteiger partial charge in [-0.2, -0.15) is 0 Å². The SMILES string of the molecule is C=C=C[C@@]1(N)[C@H](OC(C)=O)[C@@H](CC(C)C)O[C@H]1C(C)C. The predicted molar refractivity (Wildman–Crippen MR) is 79.1 cm³/mol. The molecule has 0 radical (unpaired) electrons. The van der Waals surface area contributed by atoms with Crippen LogP contribution in [0, 0.1) is 11.8 Å². The van der Waals surface area contributed by atoms with E-state index >= 15 is 0 Å². The summed E-state index contributed by atoms with van der Waals surface area (Å²) in [5, 5.41) is 0. The highest BCUT2D eigenvalue weighted by atomic mass is 16.6. The summed E-state index contributed by atoms with van der Waals surface area (Å²) in [5.41, 5.74) is 8.38. The number of ether oxygens (including phenoxy) is 2. The molecule has 0 unspecified atom stereocenters. The minimum absolute atomic E-state index is 0.194. The third kappa shape index (κ3) is 3.51. The molecule has 1 aliphatic heterocycles.